The van der Waals surface area contributed by atoms with Crippen molar-refractivity contribution in [1.29, 1.82) is 0 Å². The van der Waals surface area contributed by atoms with Gasteiger partial charge in [0, 0.05) is 37.4 Å². The van der Waals surface area contributed by atoms with E-state index >= 15 is 0 Å². The number of hydrogen-bond donors (Lipinski definition) is 1. The molecule has 1 N–H and O–H groups in total. The van der Waals surface area contributed by atoms with Crippen LogP contribution < -0.4 is 0 Å². The predicted octanol–water partition coefficient (Wildman–Crippen LogP) is 6.18. The Morgan fingerprint density at radius 1 is 1.02 bits per heavy atom. The van der Waals surface area contributed by atoms with E-state index in [1.165, 1.54) is 0 Å². The molecule has 1 unspecified atom stereocenters. The molecule has 2 aliphatic rings. The SMILES string of the molecule is Cc1c(C(=O)O)cc(CN(C(=O)OCC2c3ccccc3-c3ccccc32)C2CCCN(C(=O)OC(C)(C)C)C2)n1C. The molecule has 3 aromatic rings. The maximum atomic E-state index is 13.9. The fourth-order valence-corrected chi connectivity index (χ4v) is 6.03. The number of aromatic nitrogens is 1. The molecular formula is C33H39N3O6. The van der Waals surface area contributed by atoms with E-state index in [1.807, 2.05) is 45.0 Å². The van der Waals surface area contributed by atoms with Gasteiger partial charge in [0.25, 0.3) is 0 Å². The molecular weight excluding hydrogens is 534 g/mol. The molecule has 2 amide bonds. The van der Waals surface area contributed by atoms with Crippen molar-refractivity contribution in [3.63, 3.8) is 0 Å². The van der Waals surface area contributed by atoms with Crippen molar-refractivity contribution in [2.45, 2.75) is 64.6 Å². The average Bonchev–Trinajstić information content (AvgIpc) is 3.43. The van der Waals surface area contributed by atoms with Crippen LogP contribution in [0, 0.1) is 6.92 Å². The number of carboxylic acids is 1. The first kappa shape index (κ1) is 29.2. The van der Waals surface area contributed by atoms with Crippen molar-refractivity contribution in [1.82, 2.24) is 14.4 Å². The van der Waals surface area contributed by atoms with E-state index < -0.39 is 23.8 Å². The molecule has 1 aliphatic carbocycles. The van der Waals surface area contributed by atoms with Gasteiger partial charge < -0.3 is 24.0 Å². The highest BCUT2D eigenvalue weighted by Gasteiger charge is 2.35. The molecule has 1 atom stereocenters. The summed E-state index contributed by atoms with van der Waals surface area (Å²) in [6.07, 6.45) is 0.466. The van der Waals surface area contributed by atoms with Crippen LogP contribution in [0.2, 0.25) is 0 Å². The lowest BCUT2D eigenvalue weighted by molar-refractivity contribution is 0.00777. The molecule has 2 heterocycles. The zero-order valence-electron chi connectivity index (χ0n) is 24.9. The quantitative estimate of drug-likeness (QED) is 0.378. The first-order valence-corrected chi connectivity index (χ1v) is 14.4. The highest BCUT2D eigenvalue weighted by Crippen LogP contribution is 2.44. The fourth-order valence-electron chi connectivity index (χ4n) is 6.03. The van der Waals surface area contributed by atoms with Gasteiger partial charge in [-0.2, -0.15) is 0 Å². The van der Waals surface area contributed by atoms with Gasteiger partial charge in [0.1, 0.15) is 12.2 Å². The van der Waals surface area contributed by atoms with Crippen LogP contribution in [-0.2, 0) is 23.1 Å². The van der Waals surface area contributed by atoms with E-state index in [9.17, 15) is 19.5 Å². The number of hydrogen-bond acceptors (Lipinski definition) is 5. The lowest BCUT2D eigenvalue weighted by Gasteiger charge is -2.39. The lowest BCUT2D eigenvalue weighted by Crippen LogP contribution is -2.52. The Balaban J connectivity index is 1.40. The summed E-state index contributed by atoms with van der Waals surface area (Å²) in [7, 11) is 1.79. The van der Waals surface area contributed by atoms with Gasteiger partial charge in [0.2, 0.25) is 0 Å². The van der Waals surface area contributed by atoms with E-state index in [0.717, 1.165) is 22.3 Å². The number of piperidine rings is 1. The normalized spacial score (nSPS) is 16.5. The van der Waals surface area contributed by atoms with Crippen molar-refractivity contribution >= 4 is 18.2 Å². The maximum Gasteiger partial charge on any atom is 0.410 e. The third-order valence-electron chi connectivity index (χ3n) is 8.26. The van der Waals surface area contributed by atoms with Gasteiger partial charge in [-0.1, -0.05) is 48.5 Å². The minimum Gasteiger partial charge on any atom is -0.478 e. The molecule has 5 rings (SSSR count). The monoisotopic (exact) mass is 573 g/mol. The molecule has 1 aromatic heterocycles. The number of benzene rings is 2. The molecule has 42 heavy (non-hydrogen) atoms. The third kappa shape index (κ3) is 5.86. The highest BCUT2D eigenvalue weighted by atomic mass is 16.6. The van der Waals surface area contributed by atoms with Crippen LogP contribution in [0.15, 0.2) is 54.6 Å². The average molecular weight is 574 g/mol. The van der Waals surface area contributed by atoms with Gasteiger partial charge in [-0.05, 0) is 68.9 Å². The topological polar surface area (TPSA) is 101 Å². The summed E-state index contributed by atoms with van der Waals surface area (Å²) >= 11 is 0. The Morgan fingerprint density at radius 2 is 1.64 bits per heavy atom. The summed E-state index contributed by atoms with van der Waals surface area (Å²) < 4.78 is 13.5. The molecule has 9 nitrogen and oxygen atoms in total. The lowest BCUT2D eigenvalue weighted by atomic mass is 9.98. The first-order valence-electron chi connectivity index (χ1n) is 14.4. The van der Waals surface area contributed by atoms with E-state index in [0.29, 0.717) is 37.3 Å². The molecule has 0 spiro atoms. The maximum absolute atomic E-state index is 13.9. The molecule has 1 saturated heterocycles. The zero-order valence-corrected chi connectivity index (χ0v) is 24.9. The van der Waals surface area contributed by atoms with Crippen LogP contribution in [0.5, 0.6) is 0 Å². The molecule has 0 saturated carbocycles. The van der Waals surface area contributed by atoms with Gasteiger partial charge in [-0.25, -0.2) is 14.4 Å². The minimum atomic E-state index is -1.02. The number of nitrogens with zero attached hydrogens (tertiary/aromatic N) is 3. The van der Waals surface area contributed by atoms with E-state index in [1.54, 1.807) is 34.4 Å². The third-order valence-corrected chi connectivity index (χ3v) is 8.26. The smallest absolute Gasteiger partial charge is 0.410 e. The van der Waals surface area contributed by atoms with E-state index in [-0.39, 0.29) is 30.7 Å². The van der Waals surface area contributed by atoms with Crippen molar-refractivity contribution in [2.24, 2.45) is 7.05 Å². The second kappa shape index (κ2) is 11.5. The Bertz CT molecular complexity index is 1460. The van der Waals surface area contributed by atoms with E-state index in [2.05, 4.69) is 24.3 Å². The number of amides is 2. The fraction of sp³-hybridized carbons (Fsp3) is 0.424. The van der Waals surface area contributed by atoms with Gasteiger partial charge in [-0.15, -0.1) is 0 Å². The largest absolute Gasteiger partial charge is 0.478 e. The number of aromatic carboxylic acids is 1. The Hall–Kier alpha value is -4.27. The van der Waals surface area contributed by atoms with Gasteiger partial charge in [0.15, 0.2) is 0 Å². The Labute approximate surface area is 246 Å². The first-order chi connectivity index (χ1) is 19.9. The van der Waals surface area contributed by atoms with Crippen molar-refractivity contribution < 1.29 is 29.0 Å². The summed E-state index contributed by atoms with van der Waals surface area (Å²) in [6.45, 7) is 8.37. The Morgan fingerprint density at radius 3 is 2.21 bits per heavy atom. The summed E-state index contributed by atoms with van der Waals surface area (Å²) in [4.78, 5) is 41.9. The number of carbonyl (C=O) groups excluding carboxylic acids is 2. The number of fused-ring (bicyclic) bond motifs is 3. The minimum absolute atomic E-state index is 0.0938. The molecule has 2 aromatic carbocycles. The van der Waals surface area contributed by atoms with E-state index in [4.69, 9.17) is 9.47 Å². The van der Waals surface area contributed by atoms with Crippen LogP contribution in [0.4, 0.5) is 9.59 Å². The number of carbonyl (C=O) groups is 3. The van der Waals surface area contributed by atoms with Crippen molar-refractivity contribution in [3.8, 4) is 11.1 Å². The number of rotatable bonds is 6. The summed E-state index contributed by atoms with van der Waals surface area (Å²) in [6, 6.07) is 17.6. The second-order valence-electron chi connectivity index (χ2n) is 12.2. The predicted molar refractivity (Wildman–Crippen MR) is 159 cm³/mol. The standard InChI is InChI=1S/C33H39N3O6/c1-21-28(30(37)38)17-23(34(21)5)19-36(22-11-10-16-35(18-22)31(39)42-33(2,3)4)32(40)41-20-29-26-14-8-6-12-24(26)25-13-7-9-15-27(25)29/h6-9,12-15,17,22,29H,10-11,16,18-20H2,1-5H3,(H,37,38). The van der Waals surface area contributed by atoms with Gasteiger partial charge in [-0.3, -0.25) is 4.90 Å². The van der Waals surface area contributed by atoms with Crippen LogP contribution in [0.1, 0.15) is 72.4 Å². The second-order valence-corrected chi connectivity index (χ2v) is 12.2. The summed E-state index contributed by atoms with van der Waals surface area (Å²) in [5.74, 6) is -1.11. The van der Waals surface area contributed by atoms with Crippen LogP contribution >= 0.6 is 0 Å². The summed E-state index contributed by atoms with van der Waals surface area (Å²) in [5, 5.41) is 9.67. The molecule has 0 radical (unpaired) electrons. The van der Waals surface area contributed by atoms with Crippen LogP contribution in [0.25, 0.3) is 11.1 Å². The molecule has 1 aliphatic heterocycles. The van der Waals surface area contributed by atoms with Crippen molar-refractivity contribution in [3.05, 3.63) is 82.7 Å². The zero-order chi connectivity index (χ0) is 30.2. The molecule has 222 valence electrons. The number of ether oxygens (including phenoxy) is 2. The number of carboxylic acid groups (broad SMARTS) is 1. The van der Waals surface area contributed by atoms with Gasteiger partial charge >= 0.3 is 18.2 Å². The van der Waals surface area contributed by atoms with Crippen molar-refractivity contribution in [2.75, 3.05) is 19.7 Å². The number of likely N-dealkylation sites (tertiary alicyclic amines) is 1. The van der Waals surface area contributed by atoms with Crippen LogP contribution in [-0.4, -0.2) is 69.0 Å². The summed E-state index contributed by atoms with van der Waals surface area (Å²) in [5.41, 5.74) is 5.37. The Kier molecular flexibility index (Phi) is 8.03. The van der Waals surface area contributed by atoms with Crippen LogP contribution in [0.3, 0.4) is 0 Å². The molecule has 0 bridgehead atoms. The van der Waals surface area contributed by atoms with Gasteiger partial charge in [0.05, 0.1) is 18.2 Å². The highest BCUT2D eigenvalue weighted by molar-refractivity contribution is 5.89. The molecule has 1 fully saturated rings. The molecule has 9 heteroatoms.